The van der Waals surface area contributed by atoms with Crippen LogP contribution in [0.25, 0.3) is 0 Å². The van der Waals surface area contributed by atoms with E-state index in [9.17, 15) is 0 Å². The molecule has 0 aliphatic carbocycles. The maximum atomic E-state index is 3.78. The van der Waals surface area contributed by atoms with Crippen LogP contribution in [0.5, 0.6) is 0 Å². The van der Waals surface area contributed by atoms with E-state index in [1.54, 1.807) is 12.4 Å². The van der Waals surface area contributed by atoms with Gasteiger partial charge in [-0.2, -0.15) is 4.09 Å². The zero-order valence-electron chi connectivity index (χ0n) is 2.94. The van der Waals surface area contributed by atoms with Gasteiger partial charge in [-0.25, -0.2) is 0 Å². The number of rotatable bonds is 0. The van der Waals surface area contributed by atoms with E-state index in [0.717, 1.165) is 0 Å². The van der Waals surface area contributed by atoms with Gasteiger partial charge in [0.15, 0.2) is 0 Å². The Morgan fingerprint density at radius 3 is 2.43 bits per heavy atom. The molecule has 0 saturated heterocycles. The molecule has 1 heterocycles. The summed E-state index contributed by atoms with van der Waals surface area (Å²) in [5.41, 5.74) is 0. The third kappa shape index (κ3) is 2.33. The molecule has 0 spiro atoms. The van der Waals surface area contributed by atoms with Crippen LogP contribution in [0.3, 0.4) is 0 Å². The van der Waals surface area contributed by atoms with Gasteiger partial charge >= 0.3 is 29.6 Å². The molecule has 0 bridgehead atoms. The standard InChI is InChI=1S/C2H3N3S.Na.H/c6-5-2-1-3-4-5;;/h1-2,6H;;. The normalized spacial score (nSPS) is 7.57. The Bertz CT molecular complexity index is 116. The summed E-state index contributed by atoms with van der Waals surface area (Å²) in [6, 6.07) is 0. The number of aromatic nitrogens is 3. The van der Waals surface area contributed by atoms with E-state index < -0.39 is 0 Å². The Morgan fingerprint density at radius 2 is 2.29 bits per heavy atom. The summed E-state index contributed by atoms with van der Waals surface area (Å²) in [7, 11) is 0. The zero-order chi connectivity index (χ0) is 4.41. The first-order valence-corrected chi connectivity index (χ1v) is 1.85. The van der Waals surface area contributed by atoms with Crippen LogP contribution in [0.1, 0.15) is 0 Å². The molecule has 1 rings (SSSR count). The van der Waals surface area contributed by atoms with Gasteiger partial charge in [-0.1, -0.05) is 5.21 Å². The molecule has 34 valence electrons. The molecule has 7 heavy (non-hydrogen) atoms. The zero-order valence-corrected chi connectivity index (χ0v) is 3.84. The molecule has 0 atom stereocenters. The third-order valence-electron chi connectivity index (χ3n) is 0.410. The van der Waals surface area contributed by atoms with Gasteiger partial charge in [0.25, 0.3) is 0 Å². The van der Waals surface area contributed by atoms with Crippen molar-refractivity contribution in [1.29, 1.82) is 0 Å². The van der Waals surface area contributed by atoms with Crippen molar-refractivity contribution < 1.29 is 0 Å². The number of thiol groups is 1. The van der Waals surface area contributed by atoms with Crippen molar-refractivity contribution in [2.45, 2.75) is 0 Å². The van der Waals surface area contributed by atoms with Crippen LogP contribution < -0.4 is 0 Å². The van der Waals surface area contributed by atoms with Crippen molar-refractivity contribution >= 4 is 42.4 Å². The van der Waals surface area contributed by atoms with Gasteiger partial charge in [-0.3, -0.25) is 0 Å². The molecule has 0 aromatic carbocycles. The fourth-order valence-corrected chi connectivity index (χ4v) is 0.308. The number of hydrogen-bond acceptors (Lipinski definition) is 3. The molecular weight excluding hydrogens is 121 g/mol. The van der Waals surface area contributed by atoms with Crippen LogP contribution in [0.15, 0.2) is 12.4 Å². The van der Waals surface area contributed by atoms with Crippen molar-refractivity contribution in [3.05, 3.63) is 12.4 Å². The van der Waals surface area contributed by atoms with Gasteiger partial charge in [0.1, 0.15) is 0 Å². The van der Waals surface area contributed by atoms with E-state index in [1.165, 1.54) is 4.09 Å². The first-order valence-electron chi connectivity index (χ1n) is 1.45. The quantitative estimate of drug-likeness (QED) is 0.368. The Kier molecular flexibility index (Phi) is 3.73. The first-order chi connectivity index (χ1) is 2.89. The molecule has 0 unspecified atom stereocenters. The molecule has 0 saturated carbocycles. The summed E-state index contributed by atoms with van der Waals surface area (Å²) >= 11 is 3.78. The molecule has 1 aromatic heterocycles. The second-order valence-corrected chi connectivity index (χ2v) is 1.23. The van der Waals surface area contributed by atoms with Crippen molar-refractivity contribution in [2.24, 2.45) is 0 Å². The summed E-state index contributed by atoms with van der Waals surface area (Å²) in [4.78, 5) is 0. The Morgan fingerprint density at radius 1 is 1.57 bits per heavy atom. The predicted molar refractivity (Wildman–Crippen MR) is 31.6 cm³/mol. The third-order valence-corrected chi connectivity index (χ3v) is 0.623. The van der Waals surface area contributed by atoms with E-state index in [0.29, 0.717) is 0 Å². The second-order valence-electron chi connectivity index (χ2n) is 0.823. The van der Waals surface area contributed by atoms with Gasteiger partial charge in [0.2, 0.25) is 0 Å². The summed E-state index contributed by atoms with van der Waals surface area (Å²) in [6.45, 7) is 0. The first kappa shape index (κ1) is 7.49. The van der Waals surface area contributed by atoms with E-state index >= 15 is 0 Å². The SMILES string of the molecule is Sn1ccnn1.[NaH]. The van der Waals surface area contributed by atoms with E-state index in [2.05, 4.69) is 23.1 Å². The molecule has 5 heteroatoms. The van der Waals surface area contributed by atoms with Gasteiger partial charge in [-0.05, 0) is 12.8 Å². The second kappa shape index (κ2) is 3.49. The molecule has 0 aliphatic rings. The number of nitrogens with zero attached hydrogens (tertiary/aromatic N) is 3. The topological polar surface area (TPSA) is 30.7 Å². The molecule has 0 radical (unpaired) electrons. The van der Waals surface area contributed by atoms with Gasteiger partial charge in [-0.15, -0.1) is 5.10 Å². The minimum absolute atomic E-state index is 0. The van der Waals surface area contributed by atoms with Crippen LogP contribution in [0.2, 0.25) is 0 Å². The monoisotopic (exact) mass is 125 g/mol. The van der Waals surface area contributed by atoms with Crippen molar-refractivity contribution in [1.82, 2.24) is 14.4 Å². The van der Waals surface area contributed by atoms with Gasteiger partial charge < -0.3 is 0 Å². The summed E-state index contributed by atoms with van der Waals surface area (Å²) < 4.78 is 1.33. The Labute approximate surface area is 68.9 Å². The molecular formula is C2H4N3NaS. The van der Waals surface area contributed by atoms with Crippen LogP contribution in [-0.4, -0.2) is 44.0 Å². The van der Waals surface area contributed by atoms with Crippen molar-refractivity contribution in [3.8, 4) is 0 Å². The summed E-state index contributed by atoms with van der Waals surface area (Å²) in [5.74, 6) is 0. The van der Waals surface area contributed by atoms with Crippen LogP contribution >= 0.6 is 12.8 Å². The van der Waals surface area contributed by atoms with Crippen molar-refractivity contribution in [3.63, 3.8) is 0 Å². The molecule has 0 N–H and O–H groups in total. The van der Waals surface area contributed by atoms with Gasteiger partial charge in [0.05, 0.1) is 12.4 Å². The molecule has 3 nitrogen and oxygen atoms in total. The fraction of sp³-hybridized carbons (Fsp3) is 0. The van der Waals surface area contributed by atoms with E-state index in [-0.39, 0.29) is 29.6 Å². The van der Waals surface area contributed by atoms with Crippen molar-refractivity contribution in [2.75, 3.05) is 0 Å². The molecule has 0 aliphatic heterocycles. The fourth-order valence-electron chi connectivity index (χ4n) is 0.202. The molecule has 0 fully saturated rings. The molecule has 0 amide bonds. The Hall–Kier alpha value is 0.490. The van der Waals surface area contributed by atoms with E-state index in [4.69, 9.17) is 0 Å². The summed E-state index contributed by atoms with van der Waals surface area (Å²) in [5, 5.41) is 6.91. The van der Waals surface area contributed by atoms with Crippen LogP contribution in [0, 0.1) is 0 Å². The van der Waals surface area contributed by atoms with Crippen LogP contribution in [-0.2, 0) is 0 Å². The minimum atomic E-state index is 0. The predicted octanol–water partition coefficient (Wildman–Crippen LogP) is -0.678. The molecule has 1 aromatic rings. The summed E-state index contributed by atoms with van der Waals surface area (Å²) in [6.07, 6.45) is 3.20. The Balaban J connectivity index is 0.000000360. The van der Waals surface area contributed by atoms with Gasteiger partial charge in [0, 0.05) is 0 Å². The van der Waals surface area contributed by atoms with Crippen LogP contribution in [0.4, 0.5) is 0 Å². The number of hydrogen-bond donors (Lipinski definition) is 1. The average Bonchev–Trinajstić information content (AvgIpc) is 1.86. The average molecular weight is 125 g/mol. The maximum absolute atomic E-state index is 3.78. The van der Waals surface area contributed by atoms with E-state index in [1.807, 2.05) is 0 Å².